The molecule has 0 saturated heterocycles. The quantitative estimate of drug-likeness (QED) is 0.254. The van der Waals surface area contributed by atoms with Crippen molar-refractivity contribution in [2.45, 2.75) is 13.0 Å². The highest BCUT2D eigenvalue weighted by Gasteiger charge is 2.18. The van der Waals surface area contributed by atoms with Crippen molar-refractivity contribution in [3.8, 4) is 0 Å². The Balaban J connectivity index is 2.13. The number of carbonyl (C=O) groups is 2. The number of halogens is 3. The van der Waals surface area contributed by atoms with Gasteiger partial charge in [0.05, 0.1) is 19.2 Å². The molecule has 0 spiro atoms. The second-order valence-corrected chi connectivity index (χ2v) is 7.05. The van der Waals surface area contributed by atoms with Gasteiger partial charge in [0.2, 0.25) is 0 Å². The number of rotatable bonds is 7. The number of aliphatic hydroxyl groups excluding tert-OH is 1. The molecule has 1 heterocycles. The van der Waals surface area contributed by atoms with Gasteiger partial charge in [0.25, 0.3) is 11.3 Å². The average molecular weight is 457 g/mol. The molecule has 0 fully saturated rings. The van der Waals surface area contributed by atoms with Crippen molar-refractivity contribution in [2.75, 3.05) is 7.11 Å². The first-order chi connectivity index (χ1) is 15.7. The van der Waals surface area contributed by atoms with Crippen LogP contribution in [0.2, 0.25) is 0 Å². The van der Waals surface area contributed by atoms with Gasteiger partial charge in [-0.1, -0.05) is 24.3 Å². The molecule has 33 heavy (non-hydrogen) atoms. The predicted octanol–water partition coefficient (Wildman–Crippen LogP) is 3.55. The molecule has 2 aromatic carbocycles. The predicted molar refractivity (Wildman–Crippen MR) is 113 cm³/mol. The molecule has 1 aromatic heterocycles. The highest BCUT2D eigenvalue weighted by Crippen LogP contribution is 2.19. The summed E-state index contributed by atoms with van der Waals surface area (Å²) in [5.41, 5.74) is -1.18. The van der Waals surface area contributed by atoms with Crippen LogP contribution in [-0.2, 0) is 27.3 Å². The number of aliphatic hydroxyl groups is 1. The van der Waals surface area contributed by atoms with E-state index in [-0.39, 0.29) is 29.7 Å². The summed E-state index contributed by atoms with van der Waals surface area (Å²) >= 11 is 0. The van der Waals surface area contributed by atoms with Crippen molar-refractivity contribution in [3.05, 3.63) is 111 Å². The molecule has 0 aliphatic rings. The van der Waals surface area contributed by atoms with E-state index in [1.54, 1.807) is 6.07 Å². The summed E-state index contributed by atoms with van der Waals surface area (Å²) in [7, 11) is 0.968. The molecule has 0 radical (unpaired) electrons. The number of carbonyl (C=O) groups excluding carboxylic acids is 2. The number of nitrogens with zero attached hydrogens (tertiary/aromatic N) is 1. The number of benzene rings is 2. The maximum atomic E-state index is 14.2. The molecule has 9 heteroatoms. The number of esters is 1. The first-order valence-electron chi connectivity index (χ1n) is 9.64. The highest BCUT2D eigenvalue weighted by molar-refractivity contribution is 6.39. The van der Waals surface area contributed by atoms with Crippen molar-refractivity contribution in [1.82, 2.24) is 4.57 Å². The first-order valence-corrected chi connectivity index (χ1v) is 9.64. The van der Waals surface area contributed by atoms with Crippen LogP contribution in [0.25, 0.3) is 5.76 Å². The van der Waals surface area contributed by atoms with Crippen LogP contribution in [0.15, 0.2) is 65.6 Å². The van der Waals surface area contributed by atoms with Crippen LogP contribution in [-0.4, -0.2) is 28.5 Å². The molecule has 0 aliphatic heterocycles. The van der Waals surface area contributed by atoms with Crippen molar-refractivity contribution in [3.63, 3.8) is 0 Å². The molecule has 0 bridgehead atoms. The topological polar surface area (TPSA) is 85.6 Å². The molecule has 0 unspecified atom stereocenters. The van der Waals surface area contributed by atoms with Gasteiger partial charge >= 0.3 is 5.97 Å². The minimum absolute atomic E-state index is 0.147. The van der Waals surface area contributed by atoms with Gasteiger partial charge < -0.3 is 14.4 Å². The summed E-state index contributed by atoms with van der Waals surface area (Å²) in [4.78, 5) is 36.1. The van der Waals surface area contributed by atoms with Gasteiger partial charge in [-0.15, -0.1) is 0 Å². The first kappa shape index (κ1) is 23.5. The molecule has 0 aliphatic carbocycles. The van der Waals surface area contributed by atoms with Gasteiger partial charge in [0.1, 0.15) is 23.2 Å². The number of aromatic nitrogens is 1. The molecular formula is C24H18F3NO5. The molecule has 0 saturated carbocycles. The van der Waals surface area contributed by atoms with Crippen molar-refractivity contribution in [2.24, 2.45) is 0 Å². The van der Waals surface area contributed by atoms with Crippen LogP contribution >= 0.6 is 0 Å². The van der Waals surface area contributed by atoms with Crippen LogP contribution in [0, 0.1) is 17.5 Å². The summed E-state index contributed by atoms with van der Waals surface area (Å²) in [6.07, 6.45) is 1.48. The number of pyridine rings is 1. The van der Waals surface area contributed by atoms with Crippen LogP contribution in [0.4, 0.5) is 13.2 Å². The third kappa shape index (κ3) is 5.38. The van der Waals surface area contributed by atoms with Crippen LogP contribution in [0.1, 0.15) is 22.3 Å². The van der Waals surface area contributed by atoms with E-state index in [4.69, 9.17) is 0 Å². The average Bonchev–Trinajstić information content (AvgIpc) is 2.79. The van der Waals surface area contributed by atoms with Gasteiger partial charge in [-0.2, -0.15) is 0 Å². The van der Waals surface area contributed by atoms with Gasteiger partial charge in [-0.05, 0) is 29.8 Å². The van der Waals surface area contributed by atoms with E-state index in [0.717, 1.165) is 29.9 Å². The lowest BCUT2D eigenvalue weighted by Gasteiger charge is -2.13. The van der Waals surface area contributed by atoms with Crippen LogP contribution in [0.5, 0.6) is 0 Å². The number of methoxy groups -OCH3 is 1. The van der Waals surface area contributed by atoms with Gasteiger partial charge in [-0.3, -0.25) is 9.59 Å². The van der Waals surface area contributed by atoms with Gasteiger partial charge in [-0.25, -0.2) is 18.0 Å². The fourth-order valence-corrected chi connectivity index (χ4v) is 3.17. The Morgan fingerprint density at radius 3 is 2.30 bits per heavy atom. The Hall–Kier alpha value is -4.14. The summed E-state index contributed by atoms with van der Waals surface area (Å²) < 4.78 is 47.8. The van der Waals surface area contributed by atoms with Crippen LogP contribution in [0.3, 0.4) is 0 Å². The largest absolute Gasteiger partial charge is 0.507 e. The van der Waals surface area contributed by atoms with Crippen molar-refractivity contribution < 1.29 is 32.6 Å². The second kappa shape index (κ2) is 9.99. The van der Waals surface area contributed by atoms with E-state index in [9.17, 15) is 32.7 Å². The highest BCUT2D eigenvalue weighted by atomic mass is 19.1. The summed E-state index contributed by atoms with van der Waals surface area (Å²) in [5, 5.41) is 10.4. The lowest BCUT2D eigenvalue weighted by Crippen LogP contribution is -2.25. The Kier molecular flexibility index (Phi) is 7.12. The molecule has 0 atom stereocenters. The molecule has 3 rings (SSSR count). The van der Waals surface area contributed by atoms with Crippen LogP contribution < -0.4 is 5.56 Å². The number of hydrogen-bond donors (Lipinski definition) is 1. The van der Waals surface area contributed by atoms with Gasteiger partial charge in [0.15, 0.2) is 0 Å². The maximum Gasteiger partial charge on any atom is 0.378 e. The van der Waals surface area contributed by atoms with Crippen molar-refractivity contribution >= 4 is 17.5 Å². The lowest BCUT2D eigenvalue weighted by molar-refractivity contribution is -0.149. The van der Waals surface area contributed by atoms with E-state index >= 15 is 0 Å². The summed E-state index contributed by atoms with van der Waals surface area (Å²) in [6, 6.07) is 10.2. The number of hydrogen-bond acceptors (Lipinski definition) is 5. The molecule has 3 aromatic rings. The fraction of sp³-hybridized carbons (Fsp3) is 0.125. The molecule has 1 N–H and O–H groups in total. The van der Waals surface area contributed by atoms with E-state index in [1.807, 2.05) is 0 Å². The minimum atomic E-state index is -1.27. The Morgan fingerprint density at radius 2 is 1.67 bits per heavy atom. The lowest BCUT2D eigenvalue weighted by atomic mass is 10.0. The minimum Gasteiger partial charge on any atom is -0.507 e. The fourth-order valence-electron chi connectivity index (χ4n) is 3.17. The zero-order valence-corrected chi connectivity index (χ0v) is 17.3. The monoisotopic (exact) mass is 457 g/mol. The van der Waals surface area contributed by atoms with Crippen molar-refractivity contribution in [1.29, 1.82) is 0 Å². The normalized spacial score (nSPS) is 11.3. The number of ether oxygens (including phenoxy) is 1. The second-order valence-electron chi connectivity index (χ2n) is 7.05. The van der Waals surface area contributed by atoms with E-state index < -0.39 is 46.1 Å². The van der Waals surface area contributed by atoms with E-state index in [1.165, 1.54) is 30.5 Å². The standard InChI is InChI=1S/C24H18F3NO5/c1-33-24(32)22(30)11-21(29)17-10-14(9-16-19(26)7-4-8-20(16)27)12-28(23(17)31)13-15-5-2-3-6-18(15)25/h2-8,10-12,29H,9,13H2,1H3/b21-11-. The molecule has 170 valence electrons. The number of ketones is 1. The zero-order valence-electron chi connectivity index (χ0n) is 17.3. The molecule has 0 amide bonds. The Morgan fingerprint density at radius 1 is 1.03 bits per heavy atom. The zero-order chi connectivity index (χ0) is 24.1. The Bertz CT molecular complexity index is 1290. The maximum absolute atomic E-state index is 14.2. The molecule has 6 nitrogen and oxygen atoms in total. The summed E-state index contributed by atoms with van der Waals surface area (Å²) in [5.74, 6) is -5.56. The van der Waals surface area contributed by atoms with E-state index in [2.05, 4.69) is 4.74 Å². The smallest absolute Gasteiger partial charge is 0.378 e. The third-order valence-corrected chi connectivity index (χ3v) is 4.81. The SMILES string of the molecule is COC(=O)C(=O)/C=C(\O)c1cc(Cc2c(F)cccc2F)cn(Cc2ccccc2F)c1=O. The summed E-state index contributed by atoms with van der Waals surface area (Å²) in [6.45, 7) is -0.260. The van der Waals surface area contributed by atoms with E-state index in [0.29, 0.717) is 6.08 Å². The Labute approximate surface area is 186 Å². The third-order valence-electron chi connectivity index (χ3n) is 4.81. The van der Waals surface area contributed by atoms with Gasteiger partial charge in [0, 0.05) is 29.8 Å². The molecular weight excluding hydrogens is 439 g/mol.